The highest BCUT2D eigenvalue weighted by molar-refractivity contribution is 5.17. The third kappa shape index (κ3) is 1.49. The summed E-state index contributed by atoms with van der Waals surface area (Å²) < 4.78 is 36.5. The molecule has 0 atom stereocenters. The van der Waals surface area contributed by atoms with Gasteiger partial charge in [0, 0.05) is 0 Å². The molecule has 0 fully saturated rings. The summed E-state index contributed by atoms with van der Waals surface area (Å²) >= 11 is 0. The number of pyridine rings is 1. The van der Waals surface area contributed by atoms with Crippen LogP contribution in [-0.4, -0.2) is 4.98 Å². The first kappa shape index (κ1) is 8.83. The molecule has 0 aliphatic rings. The third-order valence-electron chi connectivity index (χ3n) is 1.41. The summed E-state index contributed by atoms with van der Waals surface area (Å²) in [6, 6.07) is 0.918. The van der Waals surface area contributed by atoms with Gasteiger partial charge in [0.05, 0.1) is 5.69 Å². The monoisotopic (exact) mass is 177 g/mol. The van der Waals surface area contributed by atoms with E-state index in [4.69, 9.17) is 0 Å². The van der Waals surface area contributed by atoms with Crippen molar-refractivity contribution in [3.63, 3.8) is 0 Å². The molecular weight excluding hydrogens is 171 g/mol. The molecule has 1 heterocycles. The molecule has 1 N–H and O–H groups in total. The van der Waals surface area contributed by atoms with Crippen LogP contribution in [0.15, 0.2) is 10.9 Å². The maximum absolute atomic E-state index is 12.6. The van der Waals surface area contributed by atoms with Crippen LogP contribution in [0.25, 0.3) is 0 Å². The zero-order chi connectivity index (χ0) is 9.30. The molecule has 2 nitrogen and oxygen atoms in total. The maximum atomic E-state index is 12.6. The third-order valence-corrected chi connectivity index (χ3v) is 1.41. The predicted molar refractivity (Wildman–Crippen MR) is 36.7 cm³/mol. The number of aromatic nitrogens is 1. The lowest BCUT2D eigenvalue weighted by Gasteiger charge is -2.00. The summed E-state index contributed by atoms with van der Waals surface area (Å²) in [6.45, 7) is 1.26. The number of hydrogen-bond acceptors (Lipinski definition) is 1. The van der Waals surface area contributed by atoms with Crippen molar-refractivity contribution < 1.29 is 13.2 Å². The Kier molecular flexibility index (Phi) is 2.21. The number of aromatic amines is 1. The second-order valence-corrected chi connectivity index (χ2v) is 2.35. The van der Waals surface area contributed by atoms with Crippen LogP contribution in [-0.2, 0) is 0 Å². The molecule has 0 aliphatic carbocycles. The van der Waals surface area contributed by atoms with Gasteiger partial charge < -0.3 is 4.98 Å². The fraction of sp³-hybridized carbons (Fsp3) is 0.286. The minimum atomic E-state index is -2.78. The number of aryl methyl sites for hydroxylation is 1. The van der Waals surface area contributed by atoms with Gasteiger partial charge in [-0.15, -0.1) is 0 Å². The van der Waals surface area contributed by atoms with Gasteiger partial charge in [-0.2, -0.15) is 0 Å². The Morgan fingerprint density at radius 1 is 1.50 bits per heavy atom. The summed E-state index contributed by atoms with van der Waals surface area (Å²) in [7, 11) is 0. The van der Waals surface area contributed by atoms with Gasteiger partial charge in [0.25, 0.3) is 12.0 Å². The van der Waals surface area contributed by atoms with Gasteiger partial charge >= 0.3 is 0 Å². The molecule has 0 spiro atoms. The van der Waals surface area contributed by atoms with Crippen molar-refractivity contribution in [2.75, 3.05) is 0 Å². The zero-order valence-electron chi connectivity index (χ0n) is 6.20. The smallest absolute Gasteiger partial charge is 0.284 e. The lowest BCUT2D eigenvalue weighted by Crippen LogP contribution is -2.14. The quantitative estimate of drug-likeness (QED) is 0.696. The molecule has 0 bridgehead atoms. The summed E-state index contributed by atoms with van der Waals surface area (Å²) in [6.07, 6.45) is -2.78. The Balaban J connectivity index is 3.31. The van der Waals surface area contributed by atoms with E-state index in [0.717, 1.165) is 6.07 Å². The number of halogens is 3. The number of H-pyrrole nitrogens is 1. The van der Waals surface area contributed by atoms with Crippen molar-refractivity contribution in [1.82, 2.24) is 4.98 Å². The van der Waals surface area contributed by atoms with Gasteiger partial charge in [-0.25, -0.2) is 13.2 Å². The first-order valence-electron chi connectivity index (χ1n) is 3.20. The molecular formula is C7H6F3NO. The Hall–Kier alpha value is -1.26. The minimum Gasteiger partial charge on any atom is -0.319 e. The number of hydrogen-bond donors (Lipinski definition) is 1. The van der Waals surface area contributed by atoms with E-state index in [0.29, 0.717) is 0 Å². The number of nitrogens with one attached hydrogen (secondary N) is 1. The molecule has 0 aliphatic heterocycles. The highest BCUT2D eigenvalue weighted by Crippen LogP contribution is 2.15. The average molecular weight is 177 g/mol. The van der Waals surface area contributed by atoms with E-state index in [2.05, 4.69) is 0 Å². The lowest BCUT2D eigenvalue weighted by atomic mass is 10.2. The molecule has 0 aromatic carbocycles. The summed E-state index contributed by atoms with van der Waals surface area (Å²) in [4.78, 5) is 12.3. The second kappa shape index (κ2) is 3.00. The molecule has 0 amide bonds. The fourth-order valence-electron chi connectivity index (χ4n) is 0.815. The highest BCUT2D eigenvalue weighted by Gasteiger charge is 2.11. The average Bonchev–Trinajstić information content (AvgIpc) is 1.99. The molecule has 1 aromatic heterocycles. The van der Waals surface area contributed by atoms with Gasteiger partial charge in [0.15, 0.2) is 5.82 Å². The minimum absolute atomic E-state index is 0.0750. The summed E-state index contributed by atoms with van der Waals surface area (Å²) in [5.74, 6) is -1.01. The van der Waals surface area contributed by atoms with E-state index >= 15 is 0 Å². The van der Waals surface area contributed by atoms with Crippen molar-refractivity contribution >= 4 is 0 Å². The van der Waals surface area contributed by atoms with Crippen molar-refractivity contribution in [3.05, 3.63) is 33.5 Å². The predicted octanol–water partition coefficient (Wildman–Crippen LogP) is 1.76. The van der Waals surface area contributed by atoms with Crippen molar-refractivity contribution in [3.8, 4) is 0 Å². The number of rotatable bonds is 1. The van der Waals surface area contributed by atoms with Crippen LogP contribution >= 0.6 is 0 Å². The standard InChI is InChI=1S/C7H6F3NO/c1-3-2-4(6(9)10)11-7(12)5(3)8/h2,6H,1H3,(H,11,12). The summed E-state index contributed by atoms with van der Waals surface area (Å²) in [5.41, 5.74) is -1.74. The topological polar surface area (TPSA) is 32.9 Å². The van der Waals surface area contributed by atoms with Gasteiger partial charge in [0.2, 0.25) is 0 Å². The lowest BCUT2D eigenvalue weighted by molar-refractivity contribution is 0.145. The zero-order valence-corrected chi connectivity index (χ0v) is 6.20. The first-order valence-corrected chi connectivity index (χ1v) is 3.20. The van der Waals surface area contributed by atoms with E-state index < -0.39 is 23.5 Å². The van der Waals surface area contributed by atoms with Crippen molar-refractivity contribution in [2.45, 2.75) is 13.3 Å². The molecule has 5 heteroatoms. The van der Waals surface area contributed by atoms with Gasteiger partial charge in [0.1, 0.15) is 0 Å². The normalized spacial score (nSPS) is 10.8. The molecule has 12 heavy (non-hydrogen) atoms. The summed E-state index contributed by atoms with van der Waals surface area (Å²) in [5, 5.41) is 0. The van der Waals surface area contributed by atoms with E-state index in [-0.39, 0.29) is 5.56 Å². The maximum Gasteiger partial charge on any atom is 0.284 e. The Morgan fingerprint density at radius 2 is 2.08 bits per heavy atom. The molecule has 1 aromatic rings. The van der Waals surface area contributed by atoms with Gasteiger partial charge in [-0.3, -0.25) is 4.79 Å². The van der Waals surface area contributed by atoms with Crippen molar-refractivity contribution in [2.24, 2.45) is 0 Å². The van der Waals surface area contributed by atoms with E-state index in [1.807, 2.05) is 0 Å². The molecule has 66 valence electrons. The number of alkyl halides is 2. The van der Waals surface area contributed by atoms with Crippen LogP contribution in [0.2, 0.25) is 0 Å². The van der Waals surface area contributed by atoms with Crippen LogP contribution in [0.5, 0.6) is 0 Å². The highest BCUT2D eigenvalue weighted by atomic mass is 19.3. The van der Waals surface area contributed by atoms with E-state index in [9.17, 15) is 18.0 Å². The molecule has 0 unspecified atom stereocenters. The van der Waals surface area contributed by atoms with Crippen LogP contribution in [0, 0.1) is 12.7 Å². The Labute approximate surface area is 66.0 Å². The van der Waals surface area contributed by atoms with Crippen LogP contribution in [0.3, 0.4) is 0 Å². The van der Waals surface area contributed by atoms with Gasteiger partial charge in [-0.1, -0.05) is 0 Å². The van der Waals surface area contributed by atoms with Gasteiger partial charge in [-0.05, 0) is 18.6 Å². The Morgan fingerprint density at radius 3 is 2.50 bits per heavy atom. The molecule has 0 saturated carbocycles. The molecule has 0 saturated heterocycles. The second-order valence-electron chi connectivity index (χ2n) is 2.35. The van der Waals surface area contributed by atoms with Crippen LogP contribution < -0.4 is 5.56 Å². The van der Waals surface area contributed by atoms with E-state index in [1.165, 1.54) is 6.92 Å². The Bertz CT molecular complexity index is 345. The molecule has 0 radical (unpaired) electrons. The fourth-order valence-corrected chi connectivity index (χ4v) is 0.815. The molecule has 1 rings (SSSR count). The van der Waals surface area contributed by atoms with Crippen molar-refractivity contribution in [1.29, 1.82) is 0 Å². The first-order chi connectivity index (χ1) is 5.52. The van der Waals surface area contributed by atoms with Crippen LogP contribution in [0.1, 0.15) is 17.7 Å². The SMILES string of the molecule is Cc1cc(C(F)F)[nH]c(=O)c1F. The largest absolute Gasteiger partial charge is 0.319 e. The van der Waals surface area contributed by atoms with Crippen LogP contribution in [0.4, 0.5) is 13.2 Å². The van der Waals surface area contributed by atoms with E-state index in [1.54, 1.807) is 4.98 Å².